The first kappa shape index (κ1) is 7.78. The average molecular weight is 161 g/mol. The number of hydrogen-bond acceptors (Lipinski definition) is 1. The fourth-order valence-corrected chi connectivity index (χ4v) is 1.80. The van der Waals surface area contributed by atoms with Crippen LogP contribution >= 0.6 is 0 Å². The Morgan fingerprint density at radius 3 is 3.08 bits per heavy atom. The number of rotatable bonds is 1. The van der Waals surface area contributed by atoms with Gasteiger partial charge < -0.3 is 0 Å². The van der Waals surface area contributed by atoms with E-state index in [1.54, 1.807) is 0 Å². The molecule has 2 rings (SSSR count). The Labute approximate surface area is 73.9 Å². The van der Waals surface area contributed by atoms with Crippen molar-refractivity contribution in [3.8, 4) is 0 Å². The van der Waals surface area contributed by atoms with Crippen LogP contribution in [0.4, 0.5) is 0 Å². The lowest BCUT2D eigenvalue weighted by molar-refractivity contribution is 0.616. The zero-order valence-electron chi connectivity index (χ0n) is 7.70. The molecule has 12 heavy (non-hydrogen) atoms. The molecule has 0 radical (unpaired) electrons. The third kappa shape index (κ3) is 1.24. The summed E-state index contributed by atoms with van der Waals surface area (Å²) in [5.41, 5.74) is 1.47. The zero-order chi connectivity index (χ0) is 8.55. The monoisotopic (exact) mass is 161 g/mol. The Bertz CT molecular complexity index is 258. The maximum atomic E-state index is 4.30. The molecule has 0 saturated heterocycles. The average Bonchev–Trinajstić information content (AvgIpc) is 2.49. The van der Waals surface area contributed by atoms with Crippen LogP contribution in [0.25, 0.3) is 0 Å². The Hall–Kier alpha value is -0.850. The molecule has 1 aliphatic carbocycles. The molecule has 2 aliphatic rings. The molecular formula is C11H15N. The van der Waals surface area contributed by atoms with Crippen LogP contribution in [0, 0.1) is 17.8 Å². The van der Waals surface area contributed by atoms with Gasteiger partial charge in [0.15, 0.2) is 0 Å². The summed E-state index contributed by atoms with van der Waals surface area (Å²) in [5.74, 6) is 1.91. The second-order valence-corrected chi connectivity index (χ2v) is 3.94. The Balaban J connectivity index is 2.18. The summed E-state index contributed by atoms with van der Waals surface area (Å²) < 4.78 is 0. The lowest BCUT2D eigenvalue weighted by Crippen LogP contribution is -2.13. The molecule has 0 fully saturated rings. The van der Waals surface area contributed by atoms with Crippen molar-refractivity contribution in [3.63, 3.8) is 0 Å². The molecule has 2 unspecified atom stereocenters. The van der Waals surface area contributed by atoms with E-state index in [4.69, 9.17) is 0 Å². The molecule has 64 valence electrons. The first-order valence-electron chi connectivity index (χ1n) is 4.67. The van der Waals surface area contributed by atoms with Gasteiger partial charge in [0.1, 0.15) is 0 Å². The van der Waals surface area contributed by atoms with Crippen LogP contribution in [0.1, 0.15) is 13.8 Å². The summed E-state index contributed by atoms with van der Waals surface area (Å²) >= 11 is 0. The Kier molecular flexibility index (Phi) is 1.87. The summed E-state index contributed by atoms with van der Waals surface area (Å²) in [4.78, 5) is 4.30. The summed E-state index contributed by atoms with van der Waals surface area (Å²) in [6, 6.07) is 0. The van der Waals surface area contributed by atoms with Crippen molar-refractivity contribution in [2.24, 2.45) is 22.7 Å². The Morgan fingerprint density at radius 1 is 1.50 bits per heavy atom. The number of allylic oxidation sites excluding steroid dienone is 3. The van der Waals surface area contributed by atoms with Crippen LogP contribution < -0.4 is 0 Å². The van der Waals surface area contributed by atoms with Crippen LogP contribution in [-0.4, -0.2) is 12.8 Å². The molecule has 0 bridgehead atoms. The second-order valence-electron chi connectivity index (χ2n) is 3.94. The topological polar surface area (TPSA) is 12.4 Å². The third-order valence-electron chi connectivity index (χ3n) is 2.67. The second kappa shape index (κ2) is 2.89. The quantitative estimate of drug-likeness (QED) is 0.560. The number of nitrogens with zero attached hydrogens (tertiary/aromatic N) is 1. The highest BCUT2D eigenvalue weighted by Crippen LogP contribution is 2.28. The van der Waals surface area contributed by atoms with Crippen molar-refractivity contribution in [2.45, 2.75) is 13.8 Å². The Morgan fingerprint density at radius 2 is 2.33 bits per heavy atom. The number of fused-ring (bicyclic) bond motifs is 1. The predicted octanol–water partition coefficient (Wildman–Crippen LogP) is 2.46. The van der Waals surface area contributed by atoms with E-state index >= 15 is 0 Å². The number of hydrogen-bond donors (Lipinski definition) is 0. The maximum absolute atomic E-state index is 4.30. The van der Waals surface area contributed by atoms with E-state index in [2.05, 4.69) is 43.3 Å². The summed E-state index contributed by atoms with van der Waals surface area (Å²) in [5, 5.41) is 0. The molecule has 1 aliphatic heterocycles. The van der Waals surface area contributed by atoms with Crippen molar-refractivity contribution < 1.29 is 0 Å². The molecule has 0 aromatic carbocycles. The van der Waals surface area contributed by atoms with Crippen molar-refractivity contribution >= 4 is 6.21 Å². The van der Waals surface area contributed by atoms with E-state index < -0.39 is 0 Å². The predicted molar refractivity (Wildman–Crippen MR) is 52.4 cm³/mol. The number of aliphatic imine (C=N–C) groups is 1. The van der Waals surface area contributed by atoms with Crippen molar-refractivity contribution in [1.29, 1.82) is 0 Å². The fraction of sp³-hybridized carbons (Fsp3) is 0.545. The van der Waals surface area contributed by atoms with E-state index in [1.807, 2.05) is 0 Å². The van der Waals surface area contributed by atoms with E-state index in [0.717, 1.165) is 6.54 Å². The molecule has 0 saturated carbocycles. The van der Waals surface area contributed by atoms with Gasteiger partial charge in [0.05, 0.1) is 0 Å². The van der Waals surface area contributed by atoms with E-state index in [-0.39, 0.29) is 0 Å². The first-order valence-corrected chi connectivity index (χ1v) is 4.67. The minimum Gasteiger partial charge on any atom is -0.296 e. The standard InChI is InChI=1S/C11H15N/c1-8(2)9-3-4-10-6-12-7-11(10)5-9/h3-6,8,10-11H,7H2,1-2H3. The van der Waals surface area contributed by atoms with Gasteiger partial charge in [-0.15, -0.1) is 0 Å². The summed E-state index contributed by atoms with van der Waals surface area (Å²) in [6.07, 6.45) is 9.01. The van der Waals surface area contributed by atoms with Crippen LogP contribution in [0.3, 0.4) is 0 Å². The molecule has 2 atom stereocenters. The molecular weight excluding hydrogens is 146 g/mol. The van der Waals surface area contributed by atoms with E-state index in [0.29, 0.717) is 17.8 Å². The van der Waals surface area contributed by atoms with Crippen molar-refractivity contribution in [2.75, 3.05) is 6.54 Å². The van der Waals surface area contributed by atoms with Crippen molar-refractivity contribution in [1.82, 2.24) is 0 Å². The van der Waals surface area contributed by atoms with Gasteiger partial charge in [0.25, 0.3) is 0 Å². The smallest absolute Gasteiger partial charge is 0.0457 e. The highest BCUT2D eigenvalue weighted by molar-refractivity contribution is 5.67. The molecule has 0 N–H and O–H groups in total. The minimum absolute atomic E-state index is 0.590. The molecule has 0 amide bonds. The van der Waals surface area contributed by atoms with E-state index in [1.165, 1.54) is 5.57 Å². The van der Waals surface area contributed by atoms with Gasteiger partial charge in [-0.05, 0) is 11.5 Å². The van der Waals surface area contributed by atoms with Gasteiger partial charge in [-0.2, -0.15) is 0 Å². The molecule has 0 spiro atoms. The highest BCUT2D eigenvalue weighted by Gasteiger charge is 2.23. The van der Waals surface area contributed by atoms with Gasteiger partial charge in [0, 0.05) is 24.6 Å². The molecule has 1 nitrogen and oxygen atoms in total. The summed E-state index contributed by atoms with van der Waals surface area (Å²) in [7, 11) is 0. The van der Waals surface area contributed by atoms with Crippen LogP contribution in [-0.2, 0) is 0 Å². The molecule has 1 heterocycles. The van der Waals surface area contributed by atoms with Crippen LogP contribution in [0.5, 0.6) is 0 Å². The van der Waals surface area contributed by atoms with Crippen molar-refractivity contribution in [3.05, 3.63) is 23.8 Å². The van der Waals surface area contributed by atoms with Crippen LogP contribution in [0.15, 0.2) is 28.8 Å². The zero-order valence-corrected chi connectivity index (χ0v) is 7.70. The first-order chi connectivity index (χ1) is 5.77. The SMILES string of the molecule is CC(C)C1=CC2CN=CC2C=C1. The van der Waals surface area contributed by atoms with Gasteiger partial charge in [0.2, 0.25) is 0 Å². The lowest BCUT2D eigenvalue weighted by atomic mass is 9.85. The third-order valence-corrected chi connectivity index (χ3v) is 2.67. The summed E-state index contributed by atoms with van der Waals surface area (Å²) in [6.45, 7) is 5.48. The van der Waals surface area contributed by atoms with Gasteiger partial charge >= 0.3 is 0 Å². The van der Waals surface area contributed by atoms with Gasteiger partial charge in [-0.3, -0.25) is 4.99 Å². The highest BCUT2D eigenvalue weighted by atomic mass is 14.8. The molecule has 1 heteroatoms. The minimum atomic E-state index is 0.590. The molecule has 0 aromatic heterocycles. The maximum Gasteiger partial charge on any atom is 0.0457 e. The normalized spacial score (nSPS) is 32.4. The van der Waals surface area contributed by atoms with Gasteiger partial charge in [-0.1, -0.05) is 32.1 Å². The van der Waals surface area contributed by atoms with Crippen LogP contribution in [0.2, 0.25) is 0 Å². The van der Waals surface area contributed by atoms with E-state index in [9.17, 15) is 0 Å². The largest absolute Gasteiger partial charge is 0.296 e. The lowest BCUT2D eigenvalue weighted by Gasteiger charge is -2.19. The van der Waals surface area contributed by atoms with Gasteiger partial charge in [-0.25, -0.2) is 0 Å². The fourth-order valence-electron chi connectivity index (χ4n) is 1.80. The molecule has 0 aromatic rings.